The molecule has 0 atom stereocenters. The fourth-order valence-electron chi connectivity index (χ4n) is 1.98. The molecule has 26 heavy (non-hydrogen) atoms. The van der Waals surface area contributed by atoms with Crippen LogP contribution in [-0.2, 0) is 17.4 Å². The Labute approximate surface area is 155 Å². The number of carbonyl (C=O) groups is 1. The number of alkyl halides is 3. The van der Waals surface area contributed by atoms with Crippen molar-refractivity contribution in [1.29, 1.82) is 0 Å². The van der Waals surface area contributed by atoms with Crippen LogP contribution in [0.25, 0.3) is 0 Å². The molecule has 11 heteroatoms. The van der Waals surface area contributed by atoms with Gasteiger partial charge >= 0.3 is 6.18 Å². The van der Waals surface area contributed by atoms with Crippen molar-refractivity contribution in [1.82, 2.24) is 5.43 Å². The lowest BCUT2D eigenvalue weighted by Crippen LogP contribution is -2.31. The highest BCUT2D eigenvalue weighted by Gasteiger charge is 2.33. The molecule has 1 amide bonds. The molecule has 0 aliphatic heterocycles. The van der Waals surface area contributed by atoms with Crippen molar-refractivity contribution in [3.8, 4) is 0 Å². The van der Waals surface area contributed by atoms with Crippen molar-refractivity contribution in [2.75, 3.05) is 5.43 Å². The summed E-state index contributed by atoms with van der Waals surface area (Å²) in [6.07, 6.45) is -4.85. The Kier molecular flexibility index (Phi) is 5.94. The number of nitrogens with one attached hydrogen (secondary N) is 2. The highest BCUT2D eigenvalue weighted by molar-refractivity contribution is 6.42. The summed E-state index contributed by atoms with van der Waals surface area (Å²) >= 11 is 11.6. The lowest BCUT2D eigenvalue weighted by atomic mass is 10.1. The van der Waals surface area contributed by atoms with Gasteiger partial charge in [0.15, 0.2) is 0 Å². The number of hydrazine groups is 1. The molecule has 0 saturated carbocycles. The minimum atomic E-state index is -4.72. The minimum absolute atomic E-state index is 0.127. The Morgan fingerprint density at radius 1 is 1.12 bits per heavy atom. The summed E-state index contributed by atoms with van der Waals surface area (Å²) in [6, 6.07) is 6.45. The number of benzene rings is 2. The van der Waals surface area contributed by atoms with Crippen molar-refractivity contribution < 1.29 is 22.9 Å². The lowest BCUT2D eigenvalue weighted by molar-refractivity contribution is -0.384. The van der Waals surface area contributed by atoms with E-state index in [0.29, 0.717) is 22.7 Å². The number of rotatable bonds is 5. The standard InChI is InChI=1S/C15H10Cl2F3N3O3/c16-10-3-1-8(5-11(10)17)6-14(24)22-21-12-4-2-9(15(18,19)20)7-13(12)23(25)26/h1-5,7,21H,6H2,(H,22,24). The summed E-state index contributed by atoms with van der Waals surface area (Å²) in [4.78, 5) is 21.9. The molecule has 0 fully saturated rings. The number of nitro groups is 1. The first-order valence-electron chi connectivity index (χ1n) is 6.92. The van der Waals surface area contributed by atoms with Crippen molar-refractivity contribution in [3.05, 3.63) is 67.7 Å². The van der Waals surface area contributed by atoms with Crippen LogP contribution in [0.2, 0.25) is 10.0 Å². The number of carbonyl (C=O) groups excluding carboxylic acids is 1. The van der Waals surface area contributed by atoms with Gasteiger partial charge in [0.05, 0.1) is 27.0 Å². The number of nitro benzene ring substituents is 1. The molecule has 2 aromatic rings. The summed E-state index contributed by atoms with van der Waals surface area (Å²) in [5, 5.41) is 11.5. The molecule has 2 N–H and O–H groups in total. The molecular formula is C15H10Cl2F3N3O3. The van der Waals surface area contributed by atoms with Crippen LogP contribution in [0.15, 0.2) is 36.4 Å². The van der Waals surface area contributed by atoms with Gasteiger partial charge in [0.1, 0.15) is 5.69 Å². The van der Waals surface area contributed by atoms with Gasteiger partial charge < -0.3 is 0 Å². The third-order valence-corrected chi connectivity index (χ3v) is 3.95. The number of anilines is 1. The maximum atomic E-state index is 12.6. The van der Waals surface area contributed by atoms with Gasteiger partial charge in [-0.3, -0.25) is 25.8 Å². The Hall–Kier alpha value is -2.52. The Bertz CT molecular complexity index is 860. The first kappa shape index (κ1) is 19.8. The van der Waals surface area contributed by atoms with E-state index in [1.165, 1.54) is 12.1 Å². The number of hydrogen-bond donors (Lipinski definition) is 2. The van der Waals surface area contributed by atoms with Crippen LogP contribution in [0.4, 0.5) is 24.5 Å². The first-order chi connectivity index (χ1) is 12.1. The smallest absolute Gasteiger partial charge is 0.292 e. The van der Waals surface area contributed by atoms with E-state index in [4.69, 9.17) is 23.2 Å². The molecule has 2 rings (SSSR count). The second kappa shape index (κ2) is 7.79. The summed E-state index contributed by atoms with van der Waals surface area (Å²) < 4.78 is 37.9. The van der Waals surface area contributed by atoms with Crippen LogP contribution in [0.1, 0.15) is 11.1 Å². The molecule has 6 nitrogen and oxygen atoms in total. The number of nitrogens with zero attached hydrogens (tertiary/aromatic N) is 1. The molecule has 0 aliphatic rings. The Balaban J connectivity index is 2.09. The highest BCUT2D eigenvalue weighted by atomic mass is 35.5. The van der Waals surface area contributed by atoms with Crippen molar-refractivity contribution in [3.63, 3.8) is 0 Å². The lowest BCUT2D eigenvalue weighted by Gasteiger charge is -2.11. The molecule has 0 heterocycles. The molecule has 138 valence electrons. The maximum absolute atomic E-state index is 12.6. The average molecular weight is 408 g/mol. The van der Waals surface area contributed by atoms with Gasteiger partial charge in [-0.2, -0.15) is 13.2 Å². The van der Waals surface area contributed by atoms with Crippen LogP contribution in [0.5, 0.6) is 0 Å². The molecule has 0 bridgehead atoms. The summed E-state index contributed by atoms with van der Waals surface area (Å²) in [5.41, 5.74) is 2.68. The first-order valence-corrected chi connectivity index (χ1v) is 7.68. The largest absolute Gasteiger partial charge is 0.416 e. The molecule has 0 spiro atoms. The van der Waals surface area contributed by atoms with Crippen LogP contribution in [0, 0.1) is 10.1 Å². The van der Waals surface area contributed by atoms with Gasteiger partial charge in [-0.15, -0.1) is 0 Å². The van der Waals surface area contributed by atoms with Crippen molar-refractivity contribution in [2.24, 2.45) is 0 Å². The molecular weight excluding hydrogens is 398 g/mol. The van der Waals surface area contributed by atoms with Gasteiger partial charge in [0.25, 0.3) is 5.69 Å². The van der Waals surface area contributed by atoms with E-state index in [9.17, 15) is 28.1 Å². The normalized spacial score (nSPS) is 11.1. The molecule has 0 aliphatic carbocycles. The van der Waals surface area contributed by atoms with E-state index >= 15 is 0 Å². The monoisotopic (exact) mass is 407 g/mol. The van der Waals surface area contributed by atoms with E-state index in [1.54, 1.807) is 6.07 Å². The number of halogens is 5. The predicted molar refractivity (Wildman–Crippen MR) is 90.0 cm³/mol. The molecule has 0 radical (unpaired) electrons. The topological polar surface area (TPSA) is 84.3 Å². The van der Waals surface area contributed by atoms with Crippen LogP contribution < -0.4 is 10.9 Å². The van der Waals surface area contributed by atoms with E-state index in [0.717, 1.165) is 6.07 Å². The van der Waals surface area contributed by atoms with Crippen LogP contribution in [-0.4, -0.2) is 10.8 Å². The van der Waals surface area contributed by atoms with E-state index in [2.05, 4.69) is 10.9 Å². The summed E-state index contributed by atoms with van der Waals surface area (Å²) in [5.74, 6) is -0.586. The Morgan fingerprint density at radius 3 is 2.38 bits per heavy atom. The zero-order valence-corrected chi connectivity index (χ0v) is 14.2. The molecule has 0 aromatic heterocycles. The van der Waals surface area contributed by atoms with Gasteiger partial charge in [-0.25, -0.2) is 0 Å². The quantitative estimate of drug-likeness (QED) is 0.559. The number of hydrogen-bond acceptors (Lipinski definition) is 4. The summed E-state index contributed by atoms with van der Waals surface area (Å²) in [6.45, 7) is 0. The fraction of sp³-hybridized carbons (Fsp3) is 0.133. The van der Waals surface area contributed by atoms with Gasteiger partial charge in [-0.05, 0) is 29.8 Å². The average Bonchev–Trinajstić information content (AvgIpc) is 2.55. The van der Waals surface area contributed by atoms with Gasteiger partial charge in [-0.1, -0.05) is 29.3 Å². The zero-order chi connectivity index (χ0) is 19.5. The zero-order valence-electron chi connectivity index (χ0n) is 12.7. The SMILES string of the molecule is O=C(Cc1ccc(Cl)c(Cl)c1)NNc1ccc(C(F)(F)F)cc1[N+](=O)[O-]. The molecule has 0 unspecified atom stereocenters. The minimum Gasteiger partial charge on any atom is -0.292 e. The molecule has 0 saturated heterocycles. The van der Waals surface area contributed by atoms with E-state index in [-0.39, 0.29) is 17.1 Å². The van der Waals surface area contributed by atoms with Crippen molar-refractivity contribution in [2.45, 2.75) is 12.6 Å². The maximum Gasteiger partial charge on any atom is 0.416 e. The highest BCUT2D eigenvalue weighted by Crippen LogP contribution is 2.34. The predicted octanol–water partition coefficient (Wildman–Crippen LogP) is 4.61. The van der Waals surface area contributed by atoms with E-state index < -0.39 is 28.3 Å². The van der Waals surface area contributed by atoms with Gasteiger partial charge in [0.2, 0.25) is 5.91 Å². The van der Waals surface area contributed by atoms with E-state index in [1.807, 2.05) is 0 Å². The fourth-order valence-corrected chi connectivity index (χ4v) is 2.30. The van der Waals surface area contributed by atoms with Crippen LogP contribution >= 0.6 is 23.2 Å². The summed E-state index contributed by atoms with van der Waals surface area (Å²) in [7, 11) is 0. The molecule has 2 aromatic carbocycles. The second-order valence-electron chi connectivity index (χ2n) is 5.09. The number of amides is 1. The third-order valence-electron chi connectivity index (χ3n) is 3.21. The van der Waals surface area contributed by atoms with Crippen LogP contribution in [0.3, 0.4) is 0 Å². The third kappa shape index (κ3) is 4.99. The second-order valence-corrected chi connectivity index (χ2v) is 5.90. The van der Waals surface area contributed by atoms with Gasteiger partial charge in [0, 0.05) is 6.07 Å². The van der Waals surface area contributed by atoms with Crippen molar-refractivity contribution >= 4 is 40.5 Å². The Morgan fingerprint density at radius 2 is 1.81 bits per heavy atom.